The number of esters is 1. The van der Waals surface area contributed by atoms with Gasteiger partial charge >= 0.3 is 5.97 Å². The number of hydrogen-bond donors (Lipinski definition) is 2. The standard InChI is InChI=1S/C13H24N2O3/c1-8(2)10(11(16)18-4)15-12(17)13(3)7-5-6-9(13)14/h8-10H,5-7,14H2,1-4H3,(H,15,17)/t9?,10-,13?/m0/s1. The number of amides is 1. The fraction of sp³-hybridized carbons (Fsp3) is 0.846. The Hall–Kier alpha value is -1.10. The first-order valence-corrected chi connectivity index (χ1v) is 6.47. The summed E-state index contributed by atoms with van der Waals surface area (Å²) in [6, 6.07) is -0.741. The van der Waals surface area contributed by atoms with Gasteiger partial charge in [-0.25, -0.2) is 4.79 Å². The van der Waals surface area contributed by atoms with Crippen molar-refractivity contribution in [2.45, 2.75) is 52.1 Å². The third-order valence-corrected chi connectivity index (χ3v) is 3.96. The maximum absolute atomic E-state index is 12.3. The summed E-state index contributed by atoms with van der Waals surface area (Å²) in [5.41, 5.74) is 5.43. The molecule has 1 saturated carbocycles. The Balaban J connectivity index is 2.76. The van der Waals surface area contributed by atoms with Gasteiger partial charge in [0.1, 0.15) is 6.04 Å². The van der Waals surface area contributed by atoms with E-state index in [9.17, 15) is 9.59 Å². The van der Waals surface area contributed by atoms with Gasteiger partial charge in [0.2, 0.25) is 5.91 Å². The second kappa shape index (κ2) is 5.69. The molecule has 0 aliphatic heterocycles. The zero-order chi connectivity index (χ0) is 13.9. The lowest BCUT2D eigenvalue weighted by molar-refractivity contribution is -0.148. The normalized spacial score (nSPS) is 29.1. The molecule has 2 unspecified atom stereocenters. The first kappa shape index (κ1) is 15.0. The minimum atomic E-state index is -0.605. The third-order valence-electron chi connectivity index (χ3n) is 3.96. The largest absolute Gasteiger partial charge is 0.467 e. The molecule has 18 heavy (non-hydrogen) atoms. The average Bonchev–Trinajstić information content (AvgIpc) is 2.66. The molecule has 0 aromatic rings. The zero-order valence-corrected chi connectivity index (χ0v) is 11.7. The van der Waals surface area contributed by atoms with Crippen molar-refractivity contribution in [3.8, 4) is 0 Å². The average molecular weight is 256 g/mol. The van der Waals surface area contributed by atoms with Gasteiger partial charge in [-0.05, 0) is 25.7 Å². The van der Waals surface area contributed by atoms with Gasteiger partial charge in [0.25, 0.3) is 0 Å². The highest BCUT2D eigenvalue weighted by molar-refractivity contribution is 5.88. The molecule has 3 N–H and O–H groups in total. The van der Waals surface area contributed by atoms with E-state index in [4.69, 9.17) is 10.5 Å². The van der Waals surface area contributed by atoms with E-state index in [1.807, 2.05) is 20.8 Å². The van der Waals surface area contributed by atoms with Crippen LogP contribution in [-0.2, 0) is 14.3 Å². The maximum Gasteiger partial charge on any atom is 0.328 e. The van der Waals surface area contributed by atoms with Crippen LogP contribution in [0.5, 0.6) is 0 Å². The van der Waals surface area contributed by atoms with Crippen LogP contribution in [0.3, 0.4) is 0 Å². The van der Waals surface area contributed by atoms with Crippen LogP contribution in [0.15, 0.2) is 0 Å². The first-order valence-electron chi connectivity index (χ1n) is 6.47. The van der Waals surface area contributed by atoms with Crippen LogP contribution < -0.4 is 11.1 Å². The van der Waals surface area contributed by atoms with E-state index < -0.39 is 17.4 Å². The summed E-state index contributed by atoms with van der Waals surface area (Å²) in [5, 5.41) is 2.79. The lowest BCUT2D eigenvalue weighted by Gasteiger charge is -2.30. The van der Waals surface area contributed by atoms with E-state index in [0.29, 0.717) is 0 Å². The molecule has 3 atom stereocenters. The van der Waals surface area contributed by atoms with Crippen LogP contribution in [0.2, 0.25) is 0 Å². The van der Waals surface area contributed by atoms with Crippen molar-refractivity contribution in [2.75, 3.05) is 7.11 Å². The molecular weight excluding hydrogens is 232 g/mol. The topological polar surface area (TPSA) is 81.4 Å². The van der Waals surface area contributed by atoms with E-state index in [0.717, 1.165) is 19.3 Å². The Bertz CT molecular complexity index is 330. The van der Waals surface area contributed by atoms with Crippen LogP contribution in [0.1, 0.15) is 40.0 Å². The lowest BCUT2D eigenvalue weighted by Crippen LogP contribution is -2.53. The zero-order valence-electron chi connectivity index (χ0n) is 11.7. The number of methoxy groups -OCH3 is 1. The van der Waals surface area contributed by atoms with Crippen LogP contribution >= 0.6 is 0 Å². The van der Waals surface area contributed by atoms with Crippen molar-refractivity contribution in [3.63, 3.8) is 0 Å². The molecule has 0 bridgehead atoms. The molecule has 0 radical (unpaired) electrons. The maximum atomic E-state index is 12.3. The van der Waals surface area contributed by atoms with Gasteiger partial charge < -0.3 is 15.8 Å². The van der Waals surface area contributed by atoms with E-state index in [1.165, 1.54) is 7.11 Å². The van der Waals surface area contributed by atoms with Crippen LogP contribution in [0, 0.1) is 11.3 Å². The van der Waals surface area contributed by atoms with Gasteiger partial charge in [-0.1, -0.05) is 20.3 Å². The van der Waals surface area contributed by atoms with Gasteiger partial charge in [0.15, 0.2) is 0 Å². The lowest BCUT2D eigenvalue weighted by atomic mass is 9.83. The molecule has 5 heteroatoms. The summed E-state index contributed by atoms with van der Waals surface area (Å²) in [4.78, 5) is 23.9. The summed E-state index contributed by atoms with van der Waals surface area (Å²) in [6.45, 7) is 5.62. The van der Waals surface area contributed by atoms with E-state index >= 15 is 0 Å². The molecule has 1 rings (SSSR count). The SMILES string of the molecule is COC(=O)[C@@H](NC(=O)C1(C)CCCC1N)C(C)C. The Kier molecular flexibility index (Phi) is 4.73. The van der Waals surface area contributed by atoms with Crippen molar-refractivity contribution in [2.24, 2.45) is 17.1 Å². The van der Waals surface area contributed by atoms with Crippen molar-refractivity contribution < 1.29 is 14.3 Å². The molecule has 1 aliphatic carbocycles. The van der Waals surface area contributed by atoms with E-state index in [1.54, 1.807) is 0 Å². The molecule has 1 fully saturated rings. The molecular formula is C13H24N2O3. The number of hydrogen-bond acceptors (Lipinski definition) is 4. The molecule has 1 amide bonds. The molecule has 0 spiro atoms. The molecule has 0 aromatic carbocycles. The van der Waals surface area contributed by atoms with Crippen molar-refractivity contribution in [1.29, 1.82) is 0 Å². The van der Waals surface area contributed by atoms with E-state index in [2.05, 4.69) is 5.32 Å². The number of carbonyl (C=O) groups excluding carboxylic acids is 2. The fourth-order valence-electron chi connectivity index (χ4n) is 2.41. The molecule has 0 aromatic heterocycles. The van der Waals surface area contributed by atoms with Crippen LogP contribution in [0.25, 0.3) is 0 Å². The number of carbonyl (C=O) groups is 2. The number of nitrogens with one attached hydrogen (secondary N) is 1. The fourth-order valence-corrected chi connectivity index (χ4v) is 2.41. The van der Waals surface area contributed by atoms with Crippen molar-refractivity contribution in [3.05, 3.63) is 0 Å². The van der Waals surface area contributed by atoms with Gasteiger partial charge in [-0.15, -0.1) is 0 Å². The highest BCUT2D eigenvalue weighted by Crippen LogP contribution is 2.37. The number of nitrogens with two attached hydrogens (primary N) is 1. The van der Waals surface area contributed by atoms with Gasteiger partial charge in [-0.3, -0.25) is 4.79 Å². The molecule has 104 valence electrons. The predicted molar refractivity (Wildman–Crippen MR) is 68.7 cm³/mol. The Labute approximate surface area is 108 Å². The second-order valence-corrected chi connectivity index (χ2v) is 5.63. The van der Waals surface area contributed by atoms with Crippen LogP contribution in [-0.4, -0.2) is 31.1 Å². The second-order valence-electron chi connectivity index (χ2n) is 5.63. The Morgan fingerprint density at radius 3 is 2.44 bits per heavy atom. The van der Waals surface area contributed by atoms with E-state index in [-0.39, 0.29) is 17.9 Å². The van der Waals surface area contributed by atoms with Gasteiger partial charge in [0.05, 0.1) is 12.5 Å². The highest BCUT2D eigenvalue weighted by atomic mass is 16.5. The summed E-state index contributed by atoms with van der Waals surface area (Å²) in [7, 11) is 1.33. The number of rotatable bonds is 4. The highest BCUT2D eigenvalue weighted by Gasteiger charge is 2.44. The summed E-state index contributed by atoms with van der Waals surface area (Å²) in [6.07, 6.45) is 2.58. The minimum Gasteiger partial charge on any atom is -0.467 e. The Morgan fingerprint density at radius 1 is 1.44 bits per heavy atom. The third kappa shape index (κ3) is 2.83. The molecule has 5 nitrogen and oxygen atoms in total. The smallest absolute Gasteiger partial charge is 0.328 e. The predicted octanol–water partition coefficient (Wildman–Crippen LogP) is 0.818. The minimum absolute atomic E-state index is 0.0115. The monoisotopic (exact) mass is 256 g/mol. The summed E-state index contributed by atoms with van der Waals surface area (Å²) in [5.74, 6) is -0.562. The quantitative estimate of drug-likeness (QED) is 0.730. The van der Waals surface area contributed by atoms with Gasteiger partial charge in [-0.2, -0.15) is 0 Å². The Morgan fingerprint density at radius 2 is 2.06 bits per heavy atom. The molecule has 0 saturated heterocycles. The summed E-state index contributed by atoms with van der Waals surface area (Å²) < 4.78 is 4.71. The van der Waals surface area contributed by atoms with Crippen LogP contribution in [0.4, 0.5) is 0 Å². The van der Waals surface area contributed by atoms with Crippen molar-refractivity contribution in [1.82, 2.24) is 5.32 Å². The first-order chi connectivity index (χ1) is 8.32. The summed E-state index contributed by atoms with van der Waals surface area (Å²) >= 11 is 0. The van der Waals surface area contributed by atoms with Gasteiger partial charge in [0, 0.05) is 6.04 Å². The molecule has 0 heterocycles. The number of ether oxygens (including phenoxy) is 1. The van der Waals surface area contributed by atoms with Crippen molar-refractivity contribution >= 4 is 11.9 Å². The molecule has 1 aliphatic rings.